The van der Waals surface area contributed by atoms with Crippen LogP contribution in [0.5, 0.6) is 5.75 Å². The third kappa shape index (κ3) is 5.91. The van der Waals surface area contributed by atoms with Crippen molar-refractivity contribution in [3.05, 3.63) is 76.5 Å². The largest absolute Gasteiger partial charge is 0.490 e. The number of para-hydroxylation sites is 1. The quantitative estimate of drug-likeness (QED) is 0.503. The zero-order valence-electron chi connectivity index (χ0n) is 16.0. The van der Waals surface area contributed by atoms with Crippen molar-refractivity contribution >= 4 is 34.5 Å². The number of benzene rings is 2. The lowest BCUT2D eigenvalue weighted by Gasteiger charge is -2.12. The Morgan fingerprint density at radius 3 is 2.38 bits per heavy atom. The van der Waals surface area contributed by atoms with E-state index in [1.54, 1.807) is 48.5 Å². The molecule has 0 aliphatic carbocycles. The molecule has 0 unspecified atom stereocenters. The first-order valence-corrected chi connectivity index (χ1v) is 10.1. The van der Waals surface area contributed by atoms with Crippen LogP contribution in [-0.2, 0) is 4.74 Å². The highest BCUT2D eigenvalue weighted by Gasteiger charge is 2.13. The Hall–Kier alpha value is -3.16. The molecule has 29 heavy (non-hydrogen) atoms. The van der Waals surface area contributed by atoms with Crippen LogP contribution < -0.4 is 15.4 Å². The van der Waals surface area contributed by atoms with Gasteiger partial charge in [0.15, 0.2) is 0 Å². The number of hydrogen-bond donors (Lipinski definition) is 2. The molecule has 0 aliphatic heterocycles. The van der Waals surface area contributed by atoms with Gasteiger partial charge in [0, 0.05) is 18.0 Å². The zero-order chi connectivity index (χ0) is 20.5. The van der Waals surface area contributed by atoms with Crippen molar-refractivity contribution in [1.29, 1.82) is 0 Å². The molecule has 0 aliphatic rings. The van der Waals surface area contributed by atoms with Gasteiger partial charge in [-0.15, -0.1) is 11.3 Å². The van der Waals surface area contributed by atoms with E-state index in [-0.39, 0.29) is 11.8 Å². The van der Waals surface area contributed by atoms with Crippen molar-refractivity contribution in [2.24, 2.45) is 0 Å². The van der Waals surface area contributed by atoms with E-state index in [0.29, 0.717) is 47.4 Å². The smallest absolute Gasteiger partial charge is 0.265 e. The van der Waals surface area contributed by atoms with Crippen LogP contribution >= 0.6 is 11.3 Å². The number of rotatable bonds is 9. The standard InChI is InChI=1S/C22H22N2O4S/c1-2-27-12-13-28-19-10-4-3-9-18(19)21(25)23-16-7-5-8-17(15-16)24-22(26)20-11-6-14-29-20/h3-11,14-15H,2,12-13H2,1H3,(H,23,25)(H,24,26). The Labute approximate surface area is 173 Å². The Kier molecular flexibility index (Phi) is 7.38. The maximum atomic E-state index is 12.7. The topological polar surface area (TPSA) is 76.7 Å². The van der Waals surface area contributed by atoms with Gasteiger partial charge in [0.2, 0.25) is 0 Å². The van der Waals surface area contributed by atoms with Crippen LogP contribution in [0.3, 0.4) is 0 Å². The molecular formula is C22H22N2O4S. The fraction of sp³-hybridized carbons (Fsp3) is 0.182. The third-order valence-electron chi connectivity index (χ3n) is 3.94. The molecule has 0 fully saturated rings. The minimum Gasteiger partial charge on any atom is -0.490 e. The number of amides is 2. The molecule has 3 aromatic rings. The molecule has 0 atom stereocenters. The van der Waals surface area contributed by atoms with Crippen LogP contribution in [0, 0.1) is 0 Å². The Balaban J connectivity index is 1.66. The molecule has 3 rings (SSSR count). The summed E-state index contributed by atoms with van der Waals surface area (Å²) in [5.74, 6) is 0.0159. The van der Waals surface area contributed by atoms with Crippen molar-refractivity contribution in [1.82, 2.24) is 0 Å². The van der Waals surface area contributed by atoms with Gasteiger partial charge < -0.3 is 20.1 Å². The lowest BCUT2D eigenvalue weighted by Crippen LogP contribution is -2.15. The number of carbonyl (C=O) groups excluding carboxylic acids is 2. The highest BCUT2D eigenvalue weighted by molar-refractivity contribution is 7.12. The summed E-state index contributed by atoms with van der Waals surface area (Å²) < 4.78 is 10.9. The molecule has 2 N–H and O–H groups in total. The van der Waals surface area contributed by atoms with E-state index in [4.69, 9.17) is 9.47 Å². The van der Waals surface area contributed by atoms with Gasteiger partial charge in [-0.2, -0.15) is 0 Å². The van der Waals surface area contributed by atoms with Crippen LogP contribution in [0.2, 0.25) is 0 Å². The van der Waals surface area contributed by atoms with Crippen LogP contribution in [0.1, 0.15) is 27.0 Å². The fourth-order valence-corrected chi connectivity index (χ4v) is 3.23. The number of thiophene rings is 1. The van der Waals surface area contributed by atoms with Crippen molar-refractivity contribution in [3.8, 4) is 5.75 Å². The first-order chi connectivity index (χ1) is 14.2. The van der Waals surface area contributed by atoms with Crippen molar-refractivity contribution in [3.63, 3.8) is 0 Å². The molecule has 0 radical (unpaired) electrons. The highest BCUT2D eigenvalue weighted by Crippen LogP contribution is 2.22. The molecule has 150 valence electrons. The average Bonchev–Trinajstić information content (AvgIpc) is 3.27. The molecule has 7 heteroatoms. The molecule has 2 aromatic carbocycles. The van der Waals surface area contributed by atoms with Crippen molar-refractivity contribution in [2.45, 2.75) is 6.92 Å². The molecule has 0 saturated carbocycles. The van der Waals surface area contributed by atoms with Crippen LogP contribution in [-0.4, -0.2) is 31.6 Å². The first-order valence-electron chi connectivity index (χ1n) is 9.23. The molecule has 1 aromatic heterocycles. The highest BCUT2D eigenvalue weighted by atomic mass is 32.1. The minimum absolute atomic E-state index is 0.184. The summed E-state index contributed by atoms with van der Waals surface area (Å²) >= 11 is 1.37. The molecule has 0 spiro atoms. The first kappa shape index (κ1) is 20.6. The second-order valence-corrected chi connectivity index (χ2v) is 6.96. The average molecular weight is 410 g/mol. The predicted octanol–water partition coefficient (Wildman–Crippen LogP) is 4.67. The van der Waals surface area contributed by atoms with E-state index in [0.717, 1.165) is 0 Å². The lowest BCUT2D eigenvalue weighted by atomic mass is 10.1. The van der Waals surface area contributed by atoms with Crippen molar-refractivity contribution < 1.29 is 19.1 Å². The molecule has 6 nitrogen and oxygen atoms in total. The predicted molar refractivity (Wildman–Crippen MR) is 115 cm³/mol. The van der Waals surface area contributed by atoms with Gasteiger partial charge in [0.25, 0.3) is 11.8 Å². The molecule has 1 heterocycles. The molecule has 0 saturated heterocycles. The SMILES string of the molecule is CCOCCOc1ccccc1C(=O)Nc1cccc(NC(=O)c2cccs2)c1. The number of ether oxygens (including phenoxy) is 2. The summed E-state index contributed by atoms with van der Waals surface area (Å²) in [6.45, 7) is 3.35. The lowest BCUT2D eigenvalue weighted by molar-refractivity contribution is 0.0996. The number of hydrogen-bond acceptors (Lipinski definition) is 5. The van der Waals surface area contributed by atoms with Gasteiger partial charge in [-0.1, -0.05) is 24.3 Å². The van der Waals surface area contributed by atoms with Crippen molar-refractivity contribution in [2.75, 3.05) is 30.5 Å². The molecule has 0 bridgehead atoms. The van der Waals surface area contributed by atoms with E-state index in [1.807, 2.05) is 24.4 Å². The van der Waals surface area contributed by atoms with Gasteiger partial charge in [0.05, 0.1) is 17.0 Å². The second-order valence-electron chi connectivity index (χ2n) is 6.01. The van der Waals surface area contributed by atoms with E-state index >= 15 is 0 Å². The van der Waals surface area contributed by atoms with Gasteiger partial charge >= 0.3 is 0 Å². The Morgan fingerprint density at radius 1 is 0.897 bits per heavy atom. The van der Waals surface area contributed by atoms with Gasteiger partial charge in [-0.05, 0) is 48.7 Å². The maximum Gasteiger partial charge on any atom is 0.265 e. The molecule has 2 amide bonds. The summed E-state index contributed by atoms with van der Waals surface area (Å²) in [6.07, 6.45) is 0. The Morgan fingerprint density at radius 2 is 1.66 bits per heavy atom. The summed E-state index contributed by atoms with van der Waals surface area (Å²) in [5, 5.41) is 7.53. The van der Waals surface area contributed by atoms with Crippen LogP contribution in [0.25, 0.3) is 0 Å². The number of nitrogens with one attached hydrogen (secondary N) is 2. The van der Waals surface area contributed by atoms with Gasteiger partial charge in [-0.3, -0.25) is 9.59 Å². The van der Waals surface area contributed by atoms with Gasteiger partial charge in [-0.25, -0.2) is 0 Å². The zero-order valence-corrected chi connectivity index (χ0v) is 16.8. The molecular weight excluding hydrogens is 388 g/mol. The number of anilines is 2. The summed E-state index contributed by atoms with van der Waals surface area (Å²) in [4.78, 5) is 25.6. The van der Waals surface area contributed by atoms with Gasteiger partial charge in [0.1, 0.15) is 12.4 Å². The van der Waals surface area contributed by atoms with E-state index < -0.39 is 0 Å². The van der Waals surface area contributed by atoms with E-state index in [9.17, 15) is 9.59 Å². The fourth-order valence-electron chi connectivity index (χ4n) is 2.61. The van der Waals surface area contributed by atoms with E-state index in [2.05, 4.69) is 10.6 Å². The normalized spacial score (nSPS) is 10.4. The monoisotopic (exact) mass is 410 g/mol. The maximum absolute atomic E-state index is 12.7. The van der Waals surface area contributed by atoms with Crippen LogP contribution in [0.15, 0.2) is 66.0 Å². The summed E-state index contributed by atoms with van der Waals surface area (Å²) in [7, 11) is 0. The summed E-state index contributed by atoms with van der Waals surface area (Å²) in [5.41, 5.74) is 1.60. The second kappa shape index (κ2) is 10.4. The third-order valence-corrected chi connectivity index (χ3v) is 4.81. The minimum atomic E-state index is -0.293. The number of carbonyl (C=O) groups is 2. The summed E-state index contributed by atoms with van der Waals surface area (Å²) in [6, 6.07) is 17.6. The van der Waals surface area contributed by atoms with E-state index in [1.165, 1.54) is 11.3 Å². The van der Waals surface area contributed by atoms with Crippen LogP contribution in [0.4, 0.5) is 11.4 Å². The Bertz CT molecular complexity index is 957.